The molecule has 0 atom stereocenters. The van der Waals surface area contributed by atoms with E-state index >= 15 is 0 Å². The number of halogens is 1. The van der Waals surface area contributed by atoms with E-state index in [1.165, 1.54) is 23.1 Å². The lowest BCUT2D eigenvalue weighted by Gasteiger charge is -2.11. The van der Waals surface area contributed by atoms with Crippen molar-refractivity contribution in [1.82, 2.24) is 20.4 Å². The van der Waals surface area contributed by atoms with Crippen molar-refractivity contribution < 1.29 is 9.59 Å². The van der Waals surface area contributed by atoms with Gasteiger partial charge in [-0.05, 0) is 49.3 Å². The number of carbonyl (C=O) groups is 2. The molecule has 0 bridgehead atoms. The lowest BCUT2D eigenvalue weighted by molar-refractivity contribution is -0.117. The lowest BCUT2D eigenvalue weighted by atomic mass is 10.2. The van der Waals surface area contributed by atoms with Gasteiger partial charge in [-0.3, -0.25) is 10.1 Å². The molecule has 2 aromatic rings. The summed E-state index contributed by atoms with van der Waals surface area (Å²) < 4.78 is 2.87. The van der Waals surface area contributed by atoms with Crippen LogP contribution in [0.2, 0.25) is 5.02 Å². The number of hydrogen-bond donors (Lipinski definition) is 2. The Morgan fingerprint density at radius 1 is 1.31 bits per heavy atom. The quantitative estimate of drug-likeness (QED) is 0.552. The fourth-order valence-electron chi connectivity index (χ4n) is 2.65. The first-order valence-electron chi connectivity index (χ1n) is 8.10. The zero-order chi connectivity index (χ0) is 18.5. The van der Waals surface area contributed by atoms with Crippen molar-refractivity contribution in [3.63, 3.8) is 0 Å². The third-order valence-corrected chi connectivity index (χ3v) is 6.49. The molecular formula is C16H17ClN4O2S3. The summed E-state index contributed by atoms with van der Waals surface area (Å²) in [7, 11) is 0. The molecule has 1 aromatic heterocycles. The molecule has 0 aliphatic heterocycles. The molecule has 0 spiro atoms. The van der Waals surface area contributed by atoms with Gasteiger partial charge < -0.3 is 5.32 Å². The number of thioether (sulfide) groups is 1. The highest BCUT2D eigenvalue weighted by Gasteiger charge is 2.18. The molecule has 26 heavy (non-hydrogen) atoms. The molecule has 3 rings (SSSR count). The lowest BCUT2D eigenvalue weighted by Crippen LogP contribution is -2.44. The molecule has 0 saturated heterocycles. The van der Waals surface area contributed by atoms with E-state index in [0.717, 1.165) is 31.4 Å². The molecule has 0 radical (unpaired) electrons. The Balaban J connectivity index is 1.52. The monoisotopic (exact) mass is 428 g/mol. The number of benzene rings is 1. The van der Waals surface area contributed by atoms with Crippen LogP contribution in [0.1, 0.15) is 25.7 Å². The van der Waals surface area contributed by atoms with Crippen LogP contribution in [0.25, 0.3) is 5.69 Å². The summed E-state index contributed by atoms with van der Waals surface area (Å²) in [4.78, 5) is 23.7. The van der Waals surface area contributed by atoms with Gasteiger partial charge in [0.05, 0.1) is 11.4 Å². The second kappa shape index (κ2) is 8.98. The number of nitrogens with zero attached hydrogens (tertiary/aromatic N) is 2. The predicted octanol–water partition coefficient (Wildman–Crippen LogP) is 4.18. The van der Waals surface area contributed by atoms with E-state index in [4.69, 9.17) is 23.8 Å². The normalized spacial score (nSPS) is 14.3. The number of nitrogens with one attached hydrogen (secondary N) is 2. The van der Waals surface area contributed by atoms with Gasteiger partial charge in [0, 0.05) is 11.1 Å². The van der Waals surface area contributed by atoms with Gasteiger partial charge >= 0.3 is 6.03 Å². The Hall–Kier alpha value is -1.42. The molecule has 1 aromatic carbocycles. The molecule has 0 unspecified atom stereocenters. The Bertz CT molecular complexity index is 844. The third kappa shape index (κ3) is 5.29. The molecule has 1 fully saturated rings. The van der Waals surface area contributed by atoms with Gasteiger partial charge in [0.1, 0.15) is 0 Å². The van der Waals surface area contributed by atoms with Crippen LogP contribution in [-0.2, 0) is 4.79 Å². The minimum Gasteiger partial charge on any atom is -0.335 e. The topological polar surface area (TPSA) is 76.0 Å². The first-order chi connectivity index (χ1) is 12.5. The largest absolute Gasteiger partial charge is 0.335 e. The van der Waals surface area contributed by atoms with E-state index in [0.29, 0.717) is 13.3 Å². The highest BCUT2D eigenvalue weighted by molar-refractivity contribution is 8.01. The van der Waals surface area contributed by atoms with Crippen LogP contribution < -0.4 is 10.6 Å². The highest BCUT2D eigenvalue weighted by atomic mass is 35.5. The predicted molar refractivity (Wildman–Crippen MR) is 107 cm³/mol. The van der Waals surface area contributed by atoms with Gasteiger partial charge in [0.15, 0.2) is 8.29 Å². The van der Waals surface area contributed by atoms with Gasteiger partial charge in [-0.15, -0.1) is 5.10 Å². The number of hydrogen-bond acceptors (Lipinski definition) is 6. The maximum Gasteiger partial charge on any atom is 0.321 e. The van der Waals surface area contributed by atoms with E-state index < -0.39 is 6.03 Å². The number of imide groups is 1. The van der Waals surface area contributed by atoms with Gasteiger partial charge in [-0.2, -0.15) is 0 Å². The van der Waals surface area contributed by atoms with Crippen molar-refractivity contribution in [1.29, 1.82) is 0 Å². The van der Waals surface area contributed by atoms with Crippen LogP contribution in [0.3, 0.4) is 0 Å². The van der Waals surface area contributed by atoms with E-state index in [1.807, 2.05) is 12.1 Å². The van der Waals surface area contributed by atoms with E-state index in [2.05, 4.69) is 15.7 Å². The third-order valence-electron chi connectivity index (χ3n) is 3.87. The maximum atomic E-state index is 11.9. The van der Waals surface area contributed by atoms with Gasteiger partial charge in [0.2, 0.25) is 5.91 Å². The smallest absolute Gasteiger partial charge is 0.321 e. The summed E-state index contributed by atoms with van der Waals surface area (Å²) in [5.41, 5.74) is 0.808. The van der Waals surface area contributed by atoms with Crippen molar-refractivity contribution in [2.24, 2.45) is 0 Å². The van der Waals surface area contributed by atoms with E-state index in [-0.39, 0.29) is 17.7 Å². The minimum atomic E-state index is -0.429. The summed E-state index contributed by atoms with van der Waals surface area (Å²) in [5.74, 6) is -0.259. The Kier molecular flexibility index (Phi) is 6.68. The number of urea groups is 1. The van der Waals surface area contributed by atoms with Gasteiger partial charge in [-0.1, -0.05) is 47.5 Å². The molecule has 1 saturated carbocycles. The molecule has 3 amide bonds. The van der Waals surface area contributed by atoms with Crippen LogP contribution >= 0.6 is 46.9 Å². The summed E-state index contributed by atoms with van der Waals surface area (Å²) in [5, 5.41) is 10.2. The number of aromatic nitrogens is 2. The first-order valence-corrected chi connectivity index (χ1v) is 10.7. The second-order valence-electron chi connectivity index (χ2n) is 5.81. The number of rotatable bonds is 5. The average Bonchev–Trinajstić information content (AvgIpc) is 3.23. The SMILES string of the molecule is O=C(CSc1nn(-c2ccc(Cl)cc2)c(=S)s1)NC(=O)NC1CCCC1. The molecule has 6 nitrogen and oxygen atoms in total. The average molecular weight is 429 g/mol. The minimum absolute atomic E-state index is 0.0982. The summed E-state index contributed by atoms with van der Waals surface area (Å²) in [6.07, 6.45) is 4.19. The Morgan fingerprint density at radius 2 is 2.00 bits per heavy atom. The molecule has 1 aliphatic rings. The number of amides is 3. The summed E-state index contributed by atoms with van der Waals surface area (Å²) in [6.45, 7) is 0. The molecule has 10 heteroatoms. The zero-order valence-electron chi connectivity index (χ0n) is 13.7. The Morgan fingerprint density at radius 3 is 2.69 bits per heavy atom. The standard InChI is InChI=1S/C16H17ClN4O2S3/c17-10-5-7-12(8-6-10)21-16(24)26-15(20-21)25-9-13(22)19-14(23)18-11-3-1-2-4-11/h5-8,11H,1-4,9H2,(H2,18,19,22,23). The van der Waals surface area contributed by atoms with Crippen LogP contribution in [-0.4, -0.2) is 33.5 Å². The van der Waals surface area contributed by atoms with Crippen molar-refractivity contribution >= 4 is 58.9 Å². The number of carbonyl (C=O) groups excluding carboxylic acids is 2. The van der Waals surface area contributed by atoms with Crippen molar-refractivity contribution in [3.05, 3.63) is 33.2 Å². The Labute approximate surface area is 169 Å². The van der Waals surface area contributed by atoms with Crippen LogP contribution in [0.4, 0.5) is 4.79 Å². The fourth-order valence-corrected chi connectivity index (χ4v) is 4.93. The van der Waals surface area contributed by atoms with Crippen LogP contribution in [0.5, 0.6) is 0 Å². The summed E-state index contributed by atoms with van der Waals surface area (Å²) in [6, 6.07) is 6.93. The highest BCUT2D eigenvalue weighted by Crippen LogP contribution is 2.24. The van der Waals surface area contributed by atoms with E-state index in [1.54, 1.807) is 16.8 Å². The molecule has 1 heterocycles. The molecule has 1 aliphatic carbocycles. The van der Waals surface area contributed by atoms with E-state index in [9.17, 15) is 9.59 Å². The zero-order valence-corrected chi connectivity index (χ0v) is 16.9. The van der Waals surface area contributed by atoms with Crippen molar-refractivity contribution in [3.8, 4) is 5.69 Å². The van der Waals surface area contributed by atoms with Crippen molar-refractivity contribution in [2.75, 3.05) is 5.75 Å². The molecule has 138 valence electrons. The summed E-state index contributed by atoms with van der Waals surface area (Å²) >= 11 is 13.8. The van der Waals surface area contributed by atoms with Crippen LogP contribution in [0.15, 0.2) is 28.6 Å². The van der Waals surface area contributed by atoms with Gasteiger partial charge in [0.25, 0.3) is 0 Å². The van der Waals surface area contributed by atoms with Crippen LogP contribution in [0, 0.1) is 3.95 Å². The first kappa shape index (κ1) is 19.3. The molecule has 2 N–H and O–H groups in total. The maximum absolute atomic E-state index is 11.9. The van der Waals surface area contributed by atoms with Crippen molar-refractivity contribution in [2.45, 2.75) is 36.1 Å². The second-order valence-corrected chi connectivity index (χ2v) is 9.10. The van der Waals surface area contributed by atoms with Gasteiger partial charge in [-0.25, -0.2) is 9.48 Å². The fraction of sp³-hybridized carbons (Fsp3) is 0.375. The molecular weight excluding hydrogens is 412 g/mol.